The van der Waals surface area contributed by atoms with Crippen molar-refractivity contribution in [2.24, 2.45) is 0 Å². The Morgan fingerprint density at radius 1 is 1.42 bits per heavy atom. The molecule has 19 heavy (non-hydrogen) atoms. The lowest BCUT2D eigenvalue weighted by Gasteiger charge is -2.08. The minimum absolute atomic E-state index is 0.00546. The average Bonchev–Trinajstić information content (AvgIpc) is 2.84. The maximum atomic E-state index is 10.1. The molecular formula is C14H11N3O2. The molecular weight excluding hydrogens is 242 g/mol. The number of hydrogen-bond donors (Lipinski definition) is 3. The molecule has 0 radical (unpaired) electrons. The summed E-state index contributed by atoms with van der Waals surface area (Å²) in [6, 6.07) is 9.40. The molecule has 3 rings (SSSR count). The summed E-state index contributed by atoms with van der Waals surface area (Å²) in [5, 5.41) is 27.7. The van der Waals surface area contributed by atoms with Gasteiger partial charge in [-0.15, -0.1) is 0 Å². The number of ether oxygens (including phenoxy) is 1. The highest BCUT2D eigenvalue weighted by atomic mass is 16.5. The Morgan fingerprint density at radius 3 is 2.89 bits per heavy atom. The van der Waals surface area contributed by atoms with Gasteiger partial charge in [0.15, 0.2) is 5.88 Å². The average molecular weight is 253 g/mol. The van der Waals surface area contributed by atoms with Crippen LogP contribution < -0.4 is 0 Å². The van der Waals surface area contributed by atoms with Gasteiger partial charge in [0.2, 0.25) is 5.90 Å². The van der Waals surface area contributed by atoms with Crippen molar-refractivity contribution in [3.8, 4) is 11.9 Å². The van der Waals surface area contributed by atoms with Crippen molar-refractivity contribution in [2.45, 2.75) is 13.0 Å². The van der Waals surface area contributed by atoms with Gasteiger partial charge in [0.25, 0.3) is 0 Å². The van der Waals surface area contributed by atoms with E-state index >= 15 is 0 Å². The molecule has 1 aromatic carbocycles. The van der Waals surface area contributed by atoms with Crippen LogP contribution in [0.15, 0.2) is 29.8 Å². The quantitative estimate of drug-likeness (QED) is 0.729. The largest absolute Gasteiger partial charge is 0.494 e. The fourth-order valence-electron chi connectivity index (χ4n) is 2.46. The van der Waals surface area contributed by atoms with Crippen LogP contribution in [0.2, 0.25) is 0 Å². The number of rotatable bonds is 1. The Balaban J connectivity index is 2.36. The van der Waals surface area contributed by atoms with Crippen molar-refractivity contribution >= 4 is 22.4 Å². The first-order valence-corrected chi connectivity index (χ1v) is 5.83. The number of aromatic nitrogens is 1. The van der Waals surface area contributed by atoms with Crippen LogP contribution >= 0.6 is 0 Å². The van der Waals surface area contributed by atoms with Gasteiger partial charge in [0.1, 0.15) is 17.7 Å². The van der Waals surface area contributed by atoms with Gasteiger partial charge in [-0.25, -0.2) is 0 Å². The topological polar surface area (TPSA) is 92.9 Å². The molecule has 0 amide bonds. The third-order valence-corrected chi connectivity index (χ3v) is 3.26. The van der Waals surface area contributed by atoms with E-state index < -0.39 is 6.10 Å². The van der Waals surface area contributed by atoms with Crippen molar-refractivity contribution in [3.63, 3.8) is 0 Å². The number of H-pyrrole nitrogens is 1. The molecule has 0 spiro atoms. The molecule has 1 aliphatic rings. The fourth-order valence-corrected chi connectivity index (χ4v) is 2.46. The number of nitrogens with zero attached hydrogens (tertiary/aromatic N) is 1. The van der Waals surface area contributed by atoms with Crippen LogP contribution in [-0.2, 0) is 4.74 Å². The summed E-state index contributed by atoms with van der Waals surface area (Å²) in [5.41, 5.74) is 2.06. The molecule has 0 aliphatic carbocycles. The lowest BCUT2D eigenvalue weighted by Crippen LogP contribution is -2.05. The van der Waals surface area contributed by atoms with E-state index in [1.54, 1.807) is 6.92 Å². The molecule has 0 fully saturated rings. The van der Waals surface area contributed by atoms with E-state index in [0.29, 0.717) is 11.1 Å². The standard InChI is InChI=1S/C14H11N3O2/c1-7-11(9(6-15)13(16)19-7)12-8-4-2-3-5-10(8)17-14(12)18/h2-5,7,16-18H,1H3. The van der Waals surface area contributed by atoms with Crippen LogP contribution in [0.5, 0.6) is 5.88 Å². The normalized spacial score (nSPS) is 18.7. The van der Waals surface area contributed by atoms with Crippen molar-refractivity contribution in [2.75, 3.05) is 0 Å². The second kappa shape index (κ2) is 3.89. The molecule has 1 unspecified atom stereocenters. The van der Waals surface area contributed by atoms with Gasteiger partial charge in [-0.1, -0.05) is 18.2 Å². The van der Waals surface area contributed by atoms with E-state index in [0.717, 1.165) is 10.9 Å². The van der Waals surface area contributed by atoms with Gasteiger partial charge in [-0.05, 0) is 13.0 Å². The van der Waals surface area contributed by atoms with Crippen LogP contribution in [0.4, 0.5) is 0 Å². The van der Waals surface area contributed by atoms with E-state index in [4.69, 9.17) is 15.4 Å². The molecule has 5 nitrogen and oxygen atoms in total. The van der Waals surface area contributed by atoms with Crippen LogP contribution in [-0.4, -0.2) is 22.1 Å². The first-order chi connectivity index (χ1) is 9.13. The van der Waals surface area contributed by atoms with E-state index in [2.05, 4.69) is 4.98 Å². The molecule has 1 atom stereocenters. The van der Waals surface area contributed by atoms with Crippen LogP contribution in [0, 0.1) is 16.7 Å². The molecule has 2 heterocycles. The molecule has 1 aliphatic heterocycles. The molecule has 94 valence electrons. The van der Waals surface area contributed by atoms with E-state index in [9.17, 15) is 5.11 Å². The maximum absolute atomic E-state index is 10.1. The van der Waals surface area contributed by atoms with E-state index in [1.807, 2.05) is 30.3 Å². The molecule has 0 saturated carbocycles. The first kappa shape index (κ1) is 11.4. The highest BCUT2D eigenvalue weighted by molar-refractivity contribution is 6.11. The third kappa shape index (κ3) is 1.50. The predicted molar refractivity (Wildman–Crippen MR) is 70.8 cm³/mol. The van der Waals surface area contributed by atoms with Gasteiger partial charge in [-0.2, -0.15) is 5.26 Å². The molecule has 2 aromatic rings. The SMILES string of the molecule is CC1OC(=N)C(C#N)=C1c1c(O)[nH]c2ccccc12. The summed E-state index contributed by atoms with van der Waals surface area (Å²) in [7, 11) is 0. The monoisotopic (exact) mass is 253 g/mol. The Labute approximate surface area is 109 Å². The van der Waals surface area contributed by atoms with E-state index in [-0.39, 0.29) is 17.4 Å². The number of benzene rings is 1. The van der Waals surface area contributed by atoms with E-state index in [1.165, 1.54) is 0 Å². The van der Waals surface area contributed by atoms with Gasteiger partial charge in [-0.3, -0.25) is 5.41 Å². The van der Waals surface area contributed by atoms with Gasteiger partial charge < -0.3 is 14.8 Å². The number of aromatic hydroxyl groups is 1. The second-order valence-electron chi connectivity index (χ2n) is 4.38. The highest BCUT2D eigenvalue weighted by Crippen LogP contribution is 2.40. The van der Waals surface area contributed by atoms with Crippen molar-refractivity contribution in [1.82, 2.24) is 4.98 Å². The first-order valence-electron chi connectivity index (χ1n) is 5.83. The Bertz CT molecular complexity index is 765. The van der Waals surface area contributed by atoms with Gasteiger partial charge in [0.05, 0.1) is 5.56 Å². The Hall–Kier alpha value is -2.74. The smallest absolute Gasteiger partial charge is 0.225 e. The fraction of sp³-hybridized carbons (Fsp3) is 0.143. The Kier molecular flexibility index (Phi) is 2.32. The summed E-state index contributed by atoms with van der Waals surface area (Å²) >= 11 is 0. The number of nitriles is 1. The summed E-state index contributed by atoms with van der Waals surface area (Å²) in [4.78, 5) is 2.87. The highest BCUT2D eigenvalue weighted by Gasteiger charge is 2.33. The summed E-state index contributed by atoms with van der Waals surface area (Å²) in [6.45, 7) is 1.76. The predicted octanol–water partition coefficient (Wildman–Crippen LogP) is 2.55. The number of nitrogens with one attached hydrogen (secondary N) is 2. The van der Waals surface area contributed by atoms with Crippen molar-refractivity contribution in [1.29, 1.82) is 10.7 Å². The molecule has 0 bridgehead atoms. The second-order valence-corrected chi connectivity index (χ2v) is 4.38. The summed E-state index contributed by atoms with van der Waals surface area (Å²) in [6.07, 6.45) is -0.424. The van der Waals surface area contributed by atoms with Gasteiger partial charge >= 0.3 is 0 Å². The minimum atomic E-state index is -0.424. The van der Waals surface area contributed by atoms with Crippen molar-refractivity contribution < 1.29 is 9.84 Å². The minimum Gasteiger partial charge on any atom is -0.494 e. The van der Waals surface area contributed by atoms with Crippen molar-refractivity contribution in [3.05, 3.63) is 35.4 Å². The zero-order chi connectivity index (χ0) is 13.6. The number of aromatic amines is 1. The number of fused-ring (bicyclic) bond motifs is 1. The molecule has 1 aromatic heterocycles. The zero-order valence-corrected chi connectivity index (χ0v) is 10.2. The number of para-hydroxylation sites is 1. The lowest BCUT2D eigenvalue weighted by atomic mass is 9.97. The van der Waals surface area contributed by atoms with Crippen LogP contribution in [0.1, 0.15) is 12.5 Å². The Morgan fingerprint density at radius 2 is 2.16 bits per heavy atom. The molecule has 5 heteroatoms. The molecule has 3 N–H and O–H groups in total. The molecule has 0 saturated heterocycles. The van der Waals surface area contributed by atoms with Crippen LogP contribution in [0.25, 0.3) is 16.5 Å². The third-order valence-electron chi connectivity index (χ3n) is 3.26. The van der Waals surface area contributed by atoms with Gasteiger partial charge in [0, 0.05) is 16.5 Å². The number of hydrogen-bond acceptors (Lipinski definition) is 4. The summed E-state index contributed by atoms with van der Waals surface area (Å²) < 4.78 is 5.27. The maximum Gasteiger partial charge on any atom is 0.225 e. The zero-order valence-electron chi connectivity index (χ0n) is 10.2. The van der Waals surface area contributed by atoms with Crippen LogP contribution in [0.3, 0.4) is 0 Å². The lowest BCUT2D eigenvalue weighted by molar-refractivity contribution is 0.276. The summed E-state index contributed by atoms with van der Waals surface area (Å²) in [5.74, 6) is -0.149.